The van der Waals surface area contributed by atoms with Crippen LogP contribution in [0.2, 0.25) is 0 Å². The Morgan fingerprint density at radius 1 is 0.365 bits per heavy atom. The van der Waals surface area contributed by atoms with Gasteiger partial charge in [0.2, 0.25) is 0 Å². The van der Waals surface area contributed by atoms with Crippen molar-refractivity contribution in [3.05, 3.63) is 121 Å². The summed E-state index contributed by atoms with van der Waals surface area (Å²) in [5.41, 5.74) is 3.09. The maximum atomic E-state index is 12.5. The van der Waals surface area contributed by atoms with Gasteiger partial charge < -0.3 is 9.47 Å². The number of rotatable bonds is 27. The van der Waals surface area contributed by atoms with Gasteiger partial charge in [0.25, 0.3) is 0 Å². The average molecular weight is 707 g/mol. The summed E-state index contributed by atoms with van der Waals surface area (Å²) in [6, 6.07) is 27.4. The quantitative estimate of drug-likeness (QED) is 0.0352. The molecule has 0 aliphatic heterocycles. The van der Waals surface area contributed by atoms with Crippen molar-refractivity contribution in [2.24, 2.45) is 0 Å². The molecule has 0 fully saturated rings. The van der Waals surface area contributed by atoms with Crippen LogP contribution in [0.25, 0.3) is 11.1 Å². The highest BCUT2D eigenvalue weighted by Crippen LogP contribution is 2.21. The highest BCUT2D eigenvalue weighted by molar-refractivity contribution is 5.91. The maximum absolute atomic E-state index is 12.5. The molecule has 2 aromatic carbocycles. The third kappa shape index (κ3) is 16.8. The van der Waals surface area contributed by atoms with Crippen molar-refractivity contribution in [1.82, 2.24) is 0 Å². The van der Waals surface area contributed by atoms with Crippen LogP contribution in [0.5, 0.6) is 0 Å². The molecule has 4 aromatic rings. The van der Waals surface area contributed by atoms with Gasteiger partial charge in [0.15, 0.2) is 24.8 Å². The minimum absolute atomic E-state index is 0.275. The van der Waals surface area contributed by atoms with Gasteiger partial charge in [-0.1, -0.05) is 113 Å². The van der Waals surface area contributed by atoms with Crippen LogP contribution >= 0.6 is 0 Å². The molecule has 0 aliphatic carbocycles. The molecule has 52 heavy (non-hydrogen) atoms. The second-order valence-corrected chi connectivity index (χ2v) is 14.0. The highest BCUT2D eigenvalue weighted by atomic mass is 16.5. The number of nitrogens with zero attached hydrogens (tertiary/aromatic N) is 2. The number of hydrogen-bond acceptors (Lipinski definition) is 4. The number of carbonyl (C=O) groups excluding carboxylic acids is 2. The van der Waals surface area contributed by atoms with Crippen LogP contribution in [0.4, 0.5) is 0 Å². The molecule has 6 heteroatoms. The molecule has 0 aliphatic rings. The number of carbonyl (C=O) groups is 2. The number of unbranched alkanes of at least 4 members (excludes halogenated alkanes) is 16. The van der Waals surface area contributed by atoms with E-state index in [0.29, 0.717) is 24.3 Å². The molecule has 0 N–H and O–H groups in total. The lowest BCUT2D eigenvalue weighted by molar-refractivity contribution is -0.697. The average Bonchev–Trinajstić information content (AvgIpc) is 3.19. The van der Waals surface area contributed by atoms with E-state index in [1.165, 1.54) is 89.9 Å². The van der Waals surface area contributed by atoms with Gasteiger partial charge in [-0.25, -0.2) is 18.7 Å². The van der Waals surface area contributed by atoms with Crippen molar-refractivity contribution in [2.75, 3.05) is 13.2 Å². The summed E-state index contributed by atoms with van der Waals surface area (Å²) in [7, 11) is 0. The zero-order chi connectivity index (χ0) is 36.3. The Kier molecular flexibility index (Phi) is 19.9. The fourth-order valence-corrected chi connectivity index (χ4v) is 6.53. The maximum Gasteiger partial charge on any atom is 0.338 e. The Labute approximate surface area is 313 Å². The van der Waals surface area contributed by atoms with Crippen molar-refractivity contribution < 1.29 is 28.2 Å². The van der Waals surface area contributed by atoms with Gasteiger partial charge >= 0.3 is 11.9 Å². The van der Waals surface area contributed by atoms with Gasteiger partial charge in [-0.05, 0) is 61.1 Å². The van der Waals surface area contributed by atoms with Gasteiger partial charge in [-0.2, -0.15) is 0 Å². The second-order valence-electron chi connectivity index (χ2n) is 14.0. The Bertz CT molecular complexity index is 1390. The number of aromatic nitrogens is 2. The fraction of sp³-hybridized carbons (Fsp3) is 0.478. The van der Waals surface area contributed by atoms with E-state index >= 15 is 0 Å². The first-order chi connectivity index (χ1) is 25.7. The monoisotopic (exact) mass is 706 g/mol. The number of pyridine rings is 2. The van der Waals surface area contributed by atoms with Crippen molar-refractivity contribution in [2.45, 2.75) is 129 Å². The molecule has 0 spiro atoms. The predicted molar refractivity (Wildman–Crippen MR) is 209 cm³/mol. The number of hydrogen-bond donors (Lipinski definition) is 0. The Morgan fingerprint density at radius 2 is 0.654 bits per heavy atom. The van der Waals surface area contributed by atoms with E-state index in [-0.39, 0.29) is 11.9 Å². The first kappa shape index (κ1) is 40.5. The molecule has 2 aromatic heterocycles. The van der Waals surface area contributed by atoms with Crippen LogP contribution in [0.1, 0.15) is 136 Å². The van der Waals surface area contributed by atoms with E-state index in [1.54, 1.807) is 0 Å². The summed E-state index contributed by atoms with van der Waals surface area (Å²) >= 11 is 0. The van der Waals surface area contributed by atoms with Crippen molar-refractivity contribution in [3.63, 3.8) is 0 Å². The SMILES string of the molecule is O=C(OCCCCCCCCCCC[n+]1ccccc1)c1ccc(-c2ccc(C(=O)OCCCCCCCCCCC[n+]3ccccc3)cc2)cc1. The normalized spacial score (nSPS) is 11.0. The van der Waals surface area contributed by atoms with Crippen molar-refractivity contribution >= 4 is 11.9 Å². The van der Waals surface area contributed by atoms with E-state index in [4.69, 9.17) is 9.47 Å². The van der Waals surface area contributed by atoms with Crippen LogP contribution in [-0.4, -0.2) is 25.2 Å². The number of benzene rings is 2. The number of ether oxygens (including phenoxy) is 2. The van der Waals surface area contributed by atoms with E-state index in [2.05, 4.69) is 70.3 Å². The third-order valence-electron chi connectivity index (χ3n) is 9.72. The molecule has 0 amide bonds. The van der Waals surface area contributed by atoms with Gasteiger partial charge in [0, 0.05) is 37.1 Å². The molecule has 0 radical (unpaired) electrons. The van der Waals surface area contributed by atoms with E-state index in [0.717, 1.165) is 49.9 Å². The molecule has 0 saturated heterocycles. The van der Waals surface area contributed by atoms with E-state index in [1.807, 2.05) is 48.5 Å². The summed E-state index contributed by atoms with van der Waals surface area (Å²) in [4.78, 5) is 25.1. The molecule has 4 rings (SSSR count). The van der Waals surface area contributed by atoms with Crippen LogP contribution in [0, 0.1) is 0 Å². The van der Waals surface area contributed by atoms with Crippen molar-refractivity contribution in [1.29, 1.82) is 0 Å². The van der Waals surface area contributed by atoms with Crippen LogP contribution in [0.15, 0.2) is 110 Å². The summed E-state index contributed by atoms with van der Waals surface area (Å²) in [5, 5.41) is 0. The summed E-state index contributed by atoms with van der Waals surface area (Å²) in [6.45, 7) is 3.14. The summed E-state index contributed by atoms with van der Waals surface area (Å²) in [5.74, 6) is -0.550. The topological polar surface area (TPSA) is 60.4 Å². The molecular weight excluding hydrogens is 645 g/mol. The molecule has 0 bridgehead atoms. The zero-order valence-corrected chi connectivity index (χ0v) is 31.5. The highest BCUT2D eigenvalue weighted by Gasteiger charge is 2.10. The third-order valence-corrected chi connectivity index (χ3v) is 9.72. The van der Waals surface area contributed by atoms with E-state index < -0.39 is 0 Å². The van der Waals surface area contributed by atoms with Gasteiger partial charge in [0.1, 0.15) is 13.1 Å². The summed E-state index contributed by atoms with van der Waals surface area (Å²) < 4.78 is 15.6. The molecule has 278 valence electrons. The molecule has 6 nitrogen and oxygen atoms in total. The van der Waals surface area contributed by atoms with Gasteiger partial charge in [0.05, 0.1) is 24.3 Å². The number of aryl methyl sites for hydroxylation is 2. The van der Waals surface area contributed by atoms with E-state index in [9.17, 15) is 9.59 Å². The van der Waals surface area contributed by atoms with Crippen LogP contribution < -0.4 is 9.13 Å². The fourth-order valence-electron chi connectivity index (χ4n) is 6.53. The second kappa shape index (κ2) is 25.6. The lowest BCUT2D eigenvalue weighted by Gasteiger charge is -2.08. The Morgan fingerprint density at radius 3 is 0.981 bits per heavy atom. The molecule has 0 saturated carbocycles. The van der Waals surface area contributed by atoms with Crippen LogP contribution in [0.3, 0.4) is 0 Å². The van der Waals surface area contributed by atoms with Crippen molar-refractivity contribution in [3.8, 4) is 11.1 Å². The largest absolute Gasteiger partial charge is 0.462 e. The first-order valence-electron chi connectivity index (χ1n) is 20.1. The molecule has 0 atom stereocenters. The minimum atomic E-state index is -0.275. The van der Waals surface area contributed by atoms with Gasteiger partial charge in [-0.3, -0.25) is 0 Å². The smallest absolute Gasteiger partial charge is 0.338 e. The lowest BCUT2D eigenvalue weighted by atomic mass is 10.0. The minimum Gasteiger partial charge on any atom is -0.462 e. The molecule has 2 heterocycles. The lowest BCUT2D eigenvalue weighted by Crippen LogP contribution is -2.32. The zero-order valence-electron chi connectivity index (χ0n) is 31.5. The summed E-state index contributed by atoms with van der Waals surface area (Å²) in [6.07, 6.45) is 30.3. The Balaban J connectivity index is 0.967. The van der Waals surface area contributed by atoms with Crippen LogP contribution in [-0.2, 0) is 22.6 Å². The number of esters is 2. The molecule has 0 unspecified atom stereocenters. The standard InChI is InChI=1S/C46H62N2O4/c49-45(51-39-23-13-9-5-1-3-7-11-17-33-47-35-19-15-20-36-47)43-29-25-41(26-30-43)42-27-31-44(32-28-42)46(50)52-40-24-14-10-6-2-4-8-12-18-34-48-37-21-16-22-38-48/h15-16,19-22,25-32,35-38H,1-14,17-18,23-24,33-34,39-40H2/q+2. The first-order valence-corrected chi connectivity index (χ1v) is 20.1. The predicted octanol–water partition coefficient (Wildman–Crippen LogP) is 10.7. The Hall–Kier alpha value is -4.32. The van der Waals surface area contributed by atoms with Gasteiger partial charge in [-0.15, -0.1) is 0 Å². The molecular formula is C46H62N2O4+2.